The average Bonchev–Trinajstić information content (AvgIpc) is 2.73. The lowest BCUT2D eigenvalue weighted by molar-refractivity contribution is -0.120. The summed E-state index contributed by atoms with van der Waals surface area (Å²) in [6.07, 6.45) is 3.85. The molecule has 1 N–H and O–H groups in total. The fraction of sp³-hybridized carbons (Fsp3) is 0.400. The van der Waals surface area contributed by atoms with Gasteiger partial charge in [0.15, 0.2) is 0 Å². The molecule has 0 radical (unpaired) electrons. The van der Waals surface area contributed by atoms with Gasteiger partial charge in [-0.15, -0.1) is 0 Å². The van der Waals surface area contributed by atoms with Crippen LogP contribution in [0.25, 0.3) is 0 Å². The molecule has 2 heterocycles. The summed E-state index contributed by atoms with van der Waals surface area (Å²) in [6.45, 7) is 7.31. The fourth-order valence-corrected chi connectivity index (χ4v) is 2.00. The van der Waals surface area contributed by atoms with Crippen molar-refractivity contribution in [2.75, 3.05) is 6.54 Å². The predicted octanol–water partition coefficient (Wildman–Crippen LogP) is 1.56. The third kappa shape index (κ3) is 3.44. The highest BCUT2D eigenvalue weighted by molar-refractivity contribution is 5.78. The molecule has 0 saturated heterocycles. The number of nitrogens with one attached hydrogen (secondary N) is 1. The molecular weight excluding hydrogens is 252 g/mol. The number of aryl methyl sites for hydroxylation is 2. The maximum atomic E-state index is 11.9. The van der Waals surface area contributed by atoms with Gasteiger partial charge in [-0.05, 0) is 32.4 Å². The first-order chi connectivity index (χ1) is 9.58. The Kier molecular flexibility index (Phi) is 4.50. The number of amides is 1. The van der Waals surface area contributed by atoms with Crippen LogP contribution in [0.4, 0.5) is 0 Å². The van der Waals surface area contributed by atoms with Crippen LogP contribution < -0.4 is 5.32 Å². The highest BCUT2D eigenvalue weighted by Gasteiger charge is 2.07. The molecule has 0 bridgehead atoms. The van der Waals surface area contributed by atoms with Crippen molar-refractivity contribution in [3.63, 3.8) is 0 Å². The topological polar surface area (TPSA) is 59.8 Å². The number of carbonyl (C=O) groups is 1. The molecule has 0 spiro atoms. The van der Waals surface area contributed by atoms with Gasteiger partial charge < -0.3 is 9.88 Å². The third-order valence-electron chi connectivity index (χ3n) is 3.47. The number of nitrogens with zero attached hydrogens (tertiary/aromatic N) is 3. The summed E-state index contributed by atoms with van der Waals surface area (Å²) in [5, 5.41) is 2.92. The number of hydrogen-bond donors (Lipinski definition) is 1. The van der Waals surface area contributed by atoms with E-state index in [1.54, 1.807) is 12.5 Å². The average molecular weight is 272 g/mol. The fourth-order valence-electron chi connectivity index (χ4n) is 2.00. The number of carbonyl (C=O) groups excluding carboxylic acids is 1. The van der Waals surface area contributed by atoms with E-state index in [0.29, 0.717) is 13.0 Å². The van der Waals surface area contributed by atoms with Crippen molar-refractivity contribution < 1.29 is 4.79 Å². The molecule has 2 aromatic rings. The molecule has 2 aromatic heterocycles. The van der Waals surface area contributed by atoms with Gasteiger partial charge in [0, 0.05) is 25.0 Å². The zero-order chi connectivity index (χ0) is 14.5. The van der Waals surface area contributed by atoms with Gasteiger partial charge in [-0.2, -0.15) is 0 Å². The van der Waals surface area contributed by atoms with Crippen molar-refractivity contribution >= 4 is 5.91 Å². The molecule has 5 nitrogen and oxygen atoms in total. The smallest absolute Gasteiger partial charge is 0.226 e. The second-order valence-electron chi connectivity index (χ2n) is 4.90. The normalized spacial score (nSPS) is 10.6. The minimum absolute atomic E-state index is 0.00119. The van der Waals surface area contributed by atoms with Crippen LogP contribution in [0.15, 0.2) is 24.7 Å². The van der Waals surface area contributed by atoms with E-state index in [9.17, 15) is 4.79 Å². The second kappa shape index (κ2) is 6.32. The minimum Gasteiger partial charge on any atom is -0.354 e. The number of aromatic nitrogens is 3. The summed E-state index contributed by atoms with van der Waals surface area (Å²) >= 11 is 0. The molecule has 0 aliphatic heterocycles. The Morgan fingerprint density at radius 2 is 2.10 bits per heavy atom. The lowest BCUT2D eigenvalue weighted by Gasteiger charge is -2.08. The van der Waals surface area contributed by atoms with Gasteiger partial charge >= 0.3 is 0 Å². The summed E-state index contributed by atoms with van der Waals surface area (Å²) in [6, 6.07) is 3.84. The van der Waals surface area contributed by atoms with Crippen LogP contribution in [0.5, 0.6) is 0 Å². The Labute approximate surface area is 119 Å². The number of imidazole rings is 1. The van der Waals surface area contributed by atoms with E-state index in [1.807, 2.05) is 37.5 Å². The molecule has 106 valence electrons. The Bertz CT molecular complexity index is 604. The van der Waals surface area contributed by atoms with Crippen LogP contribution in [-0.2, 0) is 17.8 Å². The van der Waals surface area contributed by atoms with Gasteiger partial charge in [-0.25, -0.2) is 4.98 Å². The molecule has 0 aliphatic rings. The molecule has 20 heavy (non-hydrogen) atoms. The van der Waals surface area contributed by atoms with Gasteiger partial charge in [0.05, 0.1) is 24.1 Å². The molecule has 1 amide bonds. The van der Waals surface area contributed by atoms with Crippen molar-refractivity contribution in [1.82, 2.24) is 19.9 Å². The van der Waals surface area contributed by atoms with Crippen LogP contribution >= 0.6 is 0 Å². The number of pyridine rings is 1. The zero-order valence-electron chi connectivity index (χ0n) is 12.2. The number of hydrogen-bond acceptors (Lipinski definition) is 3. The summed E-state index contributed by atoms with van der Waals surface area (Å²) in [7, 11) is 0. The summed E-state index contributed by atoms with van der Waals surface area (Å²) in [5.41, 5.74) is 4.05. The quantitative estimate of drug-likeness (QED) is 0.898. The van der Waals surface area contributed by atoms with E-state index in [1.165, 1.54) is 0 Å². The van der Waals surface area contributed by atoms with Gasteiger partial charge in [0.1, 0.15) is 0 Å². The van der Waals surface area contributed by atoms with Gasteiger partial charge in [0.25, 0.3) is 0 Å². The standard InChI is InChI=1S/C15H20N4O/c1-11-5-4-6-16-14(11)9-15(20)17-7-8-19-10-18-12(2)13(19)3/h4-6,10H,7-9H2,1-3H3,(H,17,20). The molecule has 0 atom stereocenters. The van der Waals surface area contributed by atoms with Gasteiger partial charge in [0.2, 0.25) is 5.91 Å². The summed E-state index contributed by atoms with van der Waals surface area (Å²) < 4.78 is 2.04. The Morgan fingerprint density at radius 3 is 2.75 bits per heavy atom. The van der Waals surface area contributed by atoms with E-state index >= 15 is 0 Å². The molecule has 0 fully saturated rings. The van der Waals surface area contributed by atoms with Crippen molar-refractivity contribution in [3.8, 4) is 0 Å². The van der Waals surface area contributed by atoms with Crippen LogP contribution in [0, 0.1) is 20.8 Å². The SMILES string of the molecule is Cc1cccnc1CC(=O)NCCn1cnc(C)c1C. The monoisotopic (exact) mass is 272 g/mol. The second-order valence-corrected chi connectivity index (χ2v) is 4.90. The maximum Gasteiger partial charge on any atom is 0.226 e. The Balaban J connectivity index is 1.81. The van der Waals surface area contributed by atoms with Crippen molar-refractivity contribution in [1.29, 1.82) is 0 Å². The first-order valence-corrected chi connectivity index (χ1v) is 6.73. The Hall–Kier alpha value is -2.17. The van der Waals surface area contributed by atoms with E-state index in [0.717, 1.165) is 29.2 Å². The van der Waals surface area contributed by atoms with Gasteiger partial charge in [-0.1, -0.05) is 6.07 Å². The largest absolute Gasteiger partial charge is 0.354 e. The van der Waals surface area contributed by atoms with Crippen molar-refractivity contribution in [2.45, 2.75) is 33.7 Å². The minimum atomic E-state index is 0.00119. The molecule has 0 aliphatic carbocycles. The zero-order valence-corrected chi connectivity index (χ0v) is 12.2. The highest BCUT2D eigenvalue weighted by atomic mass is 16.1. The first kappa shape index (κ1) is 14.2. The van der Waals surface area contributed by atoms with Gasteiger partial charge in [-0.3, -0.25) is 9.78 Å². The molecule has 0 saturated carbocycles. The summed E-state index contributed by atoms with van der Waals surface area (Å²) in [5.74, 6) is 0.00119. The molecule has 0 aromatic carbocycles. The maximum absolute atomic E-state index is 11.9. The lowest BCUT2D eigenvalue weighted by Crippen LogP contribution is -2.29. The first-order valence-electron chi connectivity index (χ1n) is 6.73. The van der Waals surface area contributed by atoms with E-state index in [-0.39, 0.29) is 5.91 Å². The Morgan fingerprint density at radius 1 is 1.30 bits per heavy atom. The van der Waals surface area contributed by atoms with Crippen LogP contribution in [-0.4, -0.2) is 27.0 Å². The molecule has 2 rings (SSSR count). The summed E-state index contributed by atoms with van der Waals surface area (Å²) in [4.78, 5) is 20.3. The van der Waals surface area contributed by atoms with E-state index < -0.39 is 0 Å². The molecule has 0 unspecified atom stereocenters. The highest BCUT2D eigenvalue weighted by Crippen LogP contribution is 2.04. The van der Waals surface area contributed by atoms with E-state index in [2.05, 4.69) is 15.3 Å². The van der Waals surface area contributed by atoms with Crippen molar-refractivity contribution in [3.05, 3.63) is 47.3 Å². The predicted molar refractivity (Wildman–Crippen MR) is 77.4 cm³/mol. The lowest BCUT2D eigenvalue weighted by atomic mass is 10.1. The van der Waals surface area contributed by atoms with Crippen LogP contribution in [0.2, 0.25) is 0 Å². The van der Waals surface area contributed by atoms with Crippen LogP contribution in [0.1, 0.15) is 22.6 Å². The van der Waals surface area contributed by atoms with E-state index in [4.69, 9.17) is 0 Å². The third-order valence-corrected chi connectivity index (χ3v) is 3.47. The van der Waals surface area contributed by atoms with Crippen LogP contribution in [0.3, 0.4) is 0 Å². The van der Waals surface area contributed by atoms with Crippen molar-refractivity contribution in [2.24, 2.45) is 0 Å². The molecular formula is C15H20N4O. The number of rotatable bonds is 5. The molecule has 5 heteroatoms.